The second-order valence-electron chi connectivity index (χ2n) is 6.98. The summed E-state index contributed by atoms with van der Waals surface area (Å²) in [6.07, 6.45) is 2.81. The van der Waals surface area contributed by atoms with Gasteiger partial charge in [0.05, 0.1) is 21.4 Å². The Morgan fingerprint density at radius 3 is 2.23 bits per heavy atom. The van der Waals surface area contributed by atoms with Crippen LogP contribution in [0.4, 0.5) is 0 Å². The van der Waals surface area contributed by atoms with Crippen molar-refractivity contribution in [2.24, 2.45) is 0 Å². The summed E-state index contributed by atoms with van der Waals surface area (Å²) in [6.45, 7) is 1.24. The molecule has 8 nitrogen and oxygen atoms in total. The number of hydrogen-bond acceptors (Lipinski definition) is 6. The number of rotatable bonds is 9. The molecule has 0 radical (unpaired) electrons. The molecule has 0 unspecified atom stereocenters. The minimum Gasteiger partial charge on any atom is -0.496 e. The fourth-order valence-electron chi connectivity index (χ4n) is 3.20. The highest BCUT2D eigenvalue weighted by Crippen LogP contribution is 2.27. The van der Waals surface area contributed by atoms with Gasteiger partial charge in [-0.1, -0.05) is 6.42 Å². The Morgan fingerprint density at radius 2 is 1.61 bits per heavy atom. The minimum atomic E-state index is -3.70. The van der Waals surface area contributed by atoms with Crippen molar-refractivity contribution in [1.82, 2.24) is 9.03 Å². The van der Waals surface area contributed by atoms with E-state index in [1.54, 1.807) is 18.2 Å². The normalized spacial score (nSPS) is 15.5. The van der Waals surface area contributed by atoms with E-state index < -0.39 is 20.0 Å². The molecule has 31 heavy (non-hydrogen) atoms. The Balaban J connectivity index is 1.53. The van der Waals surface area contributed by atoms with Crippen molar-refractivity contribution >= 4 is 36.0 Å². The van der Waals surface area contributed by atoms with Crippen molar-refractivity contribution in [2.75, 3.05) is 33.4 Å². The van der Waals surface area contributed by atoms with E-state index in [0.29, 0.717) is 29.1 Å². The fraction of sp³-hybridized carbons (Fsp3) is 0.400. The van der Waals surface area contributed by atoms with Crippen molar-refractivity contribution in [2.45, 2.75) is 29.1 Å². The Hall–Kier alpha value is -1.66. The van der Waals surface area contributed by atoms with Crippen LogP contribution >= 0.6 is 15.9 Å². The van der Waals surface area contributed by atoms with Gasteiger partial charge in [0, 0.05) is 19.6 Å². The summed E-state index contributed by atoms with van der Waals surface area (Å²) in [5.74, 6) is 0.997. The van der Waals surface area contributed by atoms with Crippen LogP contribution < -0.4 is 14.2 Å². The summed E-state index contributed by atoms with van der Waals surface area (Å²) < 4.78 is 65.3. The molecule has 1 aliphatic rings. The molecule has 0 atom stereocenters. The molecule has 2 aromatic rings. The van der Waals surface area contributed by atoms with Gasteiger partial charge in [0.25, 0.3) is 0 Å². The number of piperidine rings is 1. The van der Waals surface area contributed by atoms with Gasteiger partial charge in [0.15, 0.2) is 0 Å². The number of benzene rings is 2. The first-order valence-electron chi connectivity index (χ1n) is 9.80. The van der Waals surface area contributed by atoms with Crippen LogP contribution in [0, 0.1) is 0 Å². The quantitative estimate of drug-likeness (QED) is 0.498. The van der Waals surface area contributed by atoms with Crippen molar-refractivity contribution in [3.8, 4) is 11.5 Å². The molecule has 0 bridgehead atoms. The molecule has 1 saturated heterocycles. The molecule has 0 amide bonds. The van der Waals surface area contributed by atoms with E-state index >= 15 is 0 Å². The lowest BCUT2D eigenvalue weighted by molar-refractivity contribution is 0.322. The third-order valence-electron chi connectivity index (χ3n) is 4.87. The van der Waals surface area contributed by atoms with E-state index in [2.05, 4.69) is 20.7 Å². The van der Waals surface area contributed by atoms with Gasteiger partial charge in [0.2, 0.25) is 20.0 Å². The van der Waals surface area contributed by atoms with E-state index in [9.17, 15) is 16.8 Å². The lowest BCUT2D eigenvalue weighted by Gasteiger charge is -2.25. The zero-order valence-corrected chi connectivity index (χ0v) is 20.3. The molecule has 2 aromatic carbocycles. The van der Waals surface area contributed by atoms with Gasteiger partial charge in [-0.2, -0.15) is 4.31 Å². The number of hydrogen-bond donors (Lipinski definition) is 1. The molecule has 0 saturated carbocycles. The molecule has 3 rings (SSSR count). The second-order valence-corrected chi connectivity index (χ2v) is 11.5. The van der Waals surface area contributed by atoms with Crippen molar-refractivity contribution in [1.29, 1.82) is 0 Å². The number of nitrogens with one attached hydrogen (secondary N) is 1. The van der Waals surface area contributed by atoms with Crippen LogP contribution in [-0.2, 0) is 20.0 Å². The van der Waals surface area contributed by atoms with Gasteiger partial charge in [0.1, 0.15) is 18.1 Å². The Labute approximate surface area is 191 Å². The smallest absolute Gasteiger partial charge is 0.243 e. The molecular weight excluding hydrogens is 508 g/mol. The predicted octanol–water partition coefficient (Wildman–Crippen LogP) is 2.99. The number of halogens is 1. The van der Waals surface area contributed by atoms with Gasteiger partial charge in [-0.25, -0.2) is 21.6 Å². The first-order valence-corrected chi connectivity index (χ1v) is 13.5. The Kier molecular flexibility index (Phi) is 7.98. The maximum absolute atomic E-state index is 12.7. The van der Waals surface area contributed by atoms with E-state index in [-0.39, 0.29) is 22.9 Å². The molecular formula is C20H25BrN2O6S2. The molecule has 0 spiro atoms. The van der Waals surface area contributed by atoms with Crippen LogP contribution in [0.2, 0.25) is 0 Å². The minimum absolute atomic E-state index is 0.0554. The maximum atomic E-state index is 12.7. The standard InChI is InChI=1S/C20H25BrN2O6S2/c1-28-20-10-9-18(15-19(20)21)30(24,25)22-11-14-29-16-5-7-17(8-6-16)31(26,27)23-12-3-2-4-13-23/h5-10,15,22H,2-4,11-14H2,1H3. The number of ether oxygens (including phenoxy) is 2. The molecule has 11 heteroatoms. The van der Waals surface area contributed by atoms with Crippen molar-refractivity contribution < 1.29 is 26.3 Å². The molecule has 1 aliphatic heterocycles. The summed E-state index contributed by atoms with van der Waals surface area (Å²) in [6, 6.07) is 10.7. The highest BCUT2D eigenvalue weighted by atomic mass is 79.9. The fourth-order valence-corrected chi connectivity index (χ4v) is 6.45. The third kappa shape index (κ3) is 5.98. The molecule has 170 valence electrons. The highest BCUT2D eigenvalue weighted by Gasteiger charge is 2.25. The highest BCUT2D eigenvalue weighted by molar-refractivity contribution is 9.10. The van der Waals surface area contributed by atoms with Crippen LogP contribution in [-0.4, -0.2) is 54.5 Å². The van der Waals surface area contributed by atoms with Crippen LogP contribution in [0.15, 0.2) is 56.7 Å². The monoisotopic (exact) mass is 532 g/mol. The molecule has 1 fully saturated rings. The summed E-state index contributed by atoms with van der Waals surface area (Å²) in [5.41, 5.74) is 0. The molecule has 0 aliphatic carbocycles. The zero-order chi connectivity index (χ0) is 22.5. The van der Waals surface area contributed by atoms with Gasteiger partial charge in [-0.15, -0.1) is 0 Å². The SMILES string of the molecule is COc1ccc(S(=O)(=O)NCCOc2ccc(S(=O)(=O)N3CCCCC3)cc2)cc1Br. The number of nitrogens with zero attached hydrogens (tertiary/aromatic N) is 1. The van der Waals surface area contributed by atoms with Gasteiger partial charge in [-0.05, 0) is 71.2 Å². The zero-order valence-electron chi connectivity index (χ0n) is 17.1. The average molecular weight is 533 g/mol. The van der Waals surface area contributed by atoms with Crippen molar-refractivity contribution in [3.63, 3.8) is 0 Å². The van der Waals surface area contributed by atoms with Gasteiger partial charge in [-0.3, -0.25) is 0 Å². The van der Waals surface area contributed by atoms with Crippen LogP contribution in [0.3, 0.4) is 0 Å². The van der Waals surface area contributed by atoms with Gasteiger partial charge < -0.3 is 9.47 Å². The summed E-state index contributed by atoms with van der Waals surface area (Å²) in [4.78, 5) is 0.333. The Morgan fingerprint density at radius 1 is 0.968 bits per heavy atom. The van der Waals surface area contributed by atoms with Gasteiger partial charge >= 0.3 is 0 Å². The lowest BCUT2D eigenvalue weighted by atomic mass is 10.2. The number of sulfonamides is 2. The largest absolute Gasteiger partial charge is 0.496 e. The predicted molar refractivity (Wildman–Crippen MR) is 120 cm³/mol. The van der Waals surface area contributed by atoms with E-state index in [1.807, 2.05) is 0 Å². The lowest BCUT2D eigenvalue weighted by Crippen LogP contribution is -2.35. The first-order chi connectivity index (χ1) is 14.7. The Bertz CT molecular complexity index is 1100. The van der Waals surface area contributed by atoms with E-state index in [4.69, 9.17) is 9.47 Å². The second kappa shape index (κ2) is 10.3. The summed E-state index contributed by atoms with van der Waals surface area (Å²) >= 11 is 3.27. The maximum Gasteiger partial charge on any atom is 0.243 e. The summed E-state index contributed by atoms with van der Waals surface area (Å²) in [5, 5.41) is 0. The van der Waals surface area contributed by atoms with Crippen LogP contribution in [0.25, 0.3) is 0 Å². The van der Waals surface area contributed by atoms with E-state index in [0.717, 1.165) is 19.3 Å². The van der Waals surface area contributed by atoms with Crippen molar-refractivity contribution in [3.05, 3.63) is 46.9 Å². The molecule has 1 heterocycles. The molecule has 0 aromatic heterocycles. The van der Waals surface area contributed by atoms with Crippen LogP contribution in [0.1, 0.15) is 19.3 Å². The number of methoxy groups -OCH3 is 1. The first kappa shape index (κ1) is 24.0. The van der Waals surface area contributed by atoms with Crippen LogP contribution in [0.5, 0.6) is 11.5 Å². The summed E-state index contributed by atoms with van der Waals surface area (Å²) in [7, 11) is -5.69. The van der Waals surface area contributed by atoms with E-state index in [1.165, 1.54) is 35.7 Å². The average Bonchev–Trinajstić information content (AvgIpc) is 2.77. The third-order valence-corrected chi connectivity index (χ3v) is 8.86. The topological polar surface area (TPSA) is 102 Å². The molecule has 1 N–H and O–H groups in total.